The van der Waals surface area contributed by atoms with Crippen LogP contribution in [-0.4, -0.2) is 37.2 Å². The largest absolute Gasteiger partial charge is 0.478 e. The number of aromatic nitrogens is 6. The molecule has 2 aromatic heterocycles. The maximum absolute atomic E-state index is 5.24. The van der Waals surface area contributed by atoms with Gasteiger partial charge in [0.2, 0.25) is 11.8 Å². The van der Waals surface area contributed by atoms with Crippen LogP contribution in [0.1, 0.15) is 12.7 Å². The van der Waals surface area contributed by atoms with Crippen LogP contribution in [0.25, 0.3) is 0 Å². The van der Waals surface area contributed by atoms with Crippen molar-refractivity contribution >= 4 is 5.95 Å². The van der Waals surface area contributed by atoms with Crippen LogP contribution in [0.4, 0.5) is 5.95 Å². The number of nitrogens with one attached hydrogen (secondary N) is 2. The minimum atomic E-state index is 0.409. The summed E-state index contributed by atoms with van der Waals surface area (Å²) in [6.45, 7) is 2.88. The Morgan fingerprint density at radius 3 is 3.19 bits per heavy atom. The molecular formula is C8H11N7O. The molecule has 0 bridgehead atoms. The molecule has 0 aliphatic heterocycles. The molecule has 0 atom stereocenters. The first-order valence-electron chi connectivity index (χ1n) is 4.80. The molecule has 0 aliphatic carbocycles. The van der Waals surface area contributed by atoms with Crippen molar-refractivity contribution in [2.75, 3.05) is 11.9 Å². The zero-order valence-corrected chi connectivity index (χ0v) is 8.71. The van der Waals surface area contributed by atoms with Gasteiger partial charge in [-0.3, -0.25) is 0 Å². The highest BCUT2D eigenvalue weighted by molar-refractivity contribution is 5.27. The van der Waals surface area contributed by atoms with E-state index in [1.165, 1.54) is 0 Å². The first-order valence-corrected chi connectivity index (χ1v) is 4.80. The molecule has 8 heteroatoms. The minimum Gasteiger partial charge on any atom is -0.478 e. The van der Waals surface area contributed by atoms with Crippen molar-refractivity contribution in [2.24, 2.45) is 0 Å². The van der Waals surface area contributed by atoms with E-state index in [4.69, 9.17) is 4.74 Å². The average Bonchev–Trinajstić information content (AvgIpc) is 2.80. The van der Waals surface area contributed by atoms with Crippen molar-refractivity contribution in [1.29, 1.82) is 0 Å². The maximum atomic E-state index is 5.24. The third-order valence-electron chi connectivity index (χ3n) is 1.72. The summed E-state index contributed by atoms with van der Waals surface area (Å²) in [5.41, 5.74) is 0. The summed E-state index contributed by atoms with van der Waals surface area (Å²) >= 11 is 0. The van der Waals surface area contributed by atoms with Crippen LogP contribution in [0.5, 0.6) is 5.88 Å². The number of H-pyrrole nitrogens is 1. The van der Waals surface area contributed by atoms with Gasteiger partial charge in [-0.25, -0.2) is 4.98 Å². The Hall–Kier alpha value is -2.25. The lowest BCUT2D eigenvalue weighted by Gasteiger charge is -2.04. The number of rotatable bonds is 5. The van der Waals surface area contributed by atoms with Crippen molar-refractivity contribution in [1.82, 2.24) is 30.6 Å². The van der Waals surface area contributed by atoms with Crippen molar-refractivity contribution in [3.05, 3.63) is 18.1 Å². The van der Waals surface area contributed by atoms with Gasteiger partial charge in [-0.15, -0.1) is 10.2 Å². The second-order valence-electron chi connectivity index (χ2n) is 2.83. The smallest absolute Gasteiger partial charge is 0.226 e. The molecule has 0 saturated carbocycles. The molecule has 0 amide bonds. The van der Waals surface area contributed by atoms with Crippen molar-refractivity contribution in [2.45, 2.75) is 13.5 Å². The molecule has 0 unspecified atom stereocenters. The molecule has 16 heavy (non-hydrogen) atoms. The molecule has 0 radical (unpaired) electrons. The quantitative estimate of drug-likeness (QED) is 0.732. The number of anilines is 1. The Morgan fingerprint density at radius 2 is 2.44 bits per heavy atom. The molecule has 0 aromatic carbocycles. The predicted molar refractivity (Wildman–Crippen MR) is 54.7 cm³/mol. The van der Waals surface area contributed by atoms with E-state index < -0.39 is 0 Å². The Labute approximate surface area is 91.5 Å². The van der Waals surface area contributed by atoms with E-state index in [0.29, 0.717) is 30.8 Å². The van der Waals surface area contributed by atoms with Gasteiger partial charge >= 0.3 is 0 Å². The third-order valence-corrected chi connectivity index (χ3v) is 1.72. The van der Waals surface area contributed by atoms with Crippen LogP contribution in [0.15, 0.2) is 12.3 Å². The first-order chi connectivity index (χ1) is 7.88. The Morgan fingerprint density at radius 1 is 1.50 bits per heavy atom. The van der Waals surface area contributed by atoms with Gasteiger partial charge in [0.15, 0.2) is 5.82 Å². The van der Waals surface area contributed by atoms with E-state index in [1.54, 1.807) is 12.3 Å². The molecule has 84 valence electrons. The summed E-state index contributed by atoms with van der Waals surface area (Å²) in [5.74, 6) is 1.55. The minimum absolute atomic E-state index is 0.409. The highest BCUT2D eigenvalue weighted by Crippen LogP contribution is 2.08. The maximum Gasteiger partial charge on any atom is 0.226 e. The van der Waals surface area contributed by atoms with Gasteiger partial charge in [-0.05, 0) is 6.92 Å². The lowest BCUT2D eigenvalue weighted by atomic mass is 10.6. The fraction of sp³-hybridized carbons (Fsp3) is 0.375. The SMILES string of the molecule is CCOc1ccnc(NCc2nn[nH]n2)n1. The van der Waals surface area contributed by atoms with E-state index in [1.807, 2.05) is 6.92 Å². The van der Waals surface area contributed by atoms with Crippen LogP contribution >= 0.6 is 0 Å². The molecule has 2 N–H and O–H groups in total. The van der Waals surface area contributed by atoms with Crippen LogP contribution < -0.4 is 10.1 Å². The molecule has 2 rings (SSSR count). The highest BCUT2D eigenvalue weighted by Gasteiger charge is 2.01. The molecule has 2 aromatic rings. The Balaban J connectivity index is 1.96. The van der Waals surface area contributed by atoms with Crippen molar-refractivity contribution < 1.29 is 4.74 Å². The number of hydrogen-bond donors (Lipinski definition) is 2. The van der Waals surface area contributed by atoms with E-state index >= 15 is 0 Å². The monoisotopic (exact) mass is 221 g/mol. The predicted octanol–water partition coefficient (Wildman–Crippen LogP) is 0.000500. The lowest BCUT2D eigenvalue weighted by Crippen LogP contribution is -2.06. The van der Waals surface area contributed by atoms with Gasteiger partial charge in [0.05, 0.1) is 13.2 Å². The topological polar surface area (TPSA) is 102 Å². The zero-order valence-electron chi connectivity index (χ0n) is 8.71. The molecule has 0 fully saturated rings. The van der Waals surface area contributed by atoms with Gasteiger partial charge in [0, 0.05) is 12.3 Å². The van der Waals surface area contributed by atoms with Crippen molar-refractivity contribution in [3.63, 3.8) is 0 Å². The number of tetrazole rings is 1. The standard InChI is InChI=1S/C8H11N7O/c1-2-16-7-3-4-9-8(11-7)10-5-6-12-14-15-13-6/h3-4H,2,5H2,1H3,(H,9,10,11)(H,12,13,14,15). The summed E-state index contributed by atoms with van der Waals surface area (Å²) in [6.07, 6.45) is 1.62. The van der Waals surface area contributed by atoms with Gasteiger partial charge in [0.25, 0.3) is 0 Å². The summed E-state index contributed by atoms with van der Waals surface area (Å²) in [5, 5.41) is 16.3. The molecule has 0 aliphatic rings. The first kappa shape index (κ1) is 10.3. The molecule has 2 heterocycles. The number of hydrogen-bond acceptors (Lipinski definition) is 7. The van der Waals surface area contributed by atoms with E-state index in [2.05, 4.69) is 35.9 Å². The van der Waals surface area contributed by atoms with Crippen molar-refractivity contribution in [3.8, 4) is 5.88 Å². The fourth-order valence-electron chi connectivity index (χ4n) is 1.07. The third kappa shape index (κ3) is 2.62. The zero-order chi connectivity index (χ0) is 11.2. The summed E-state index contributed by atoms with van der Waals surface area (Å²) < 4.78 is 5.24. The highest BCUT2D eigenvalue weighted by atomic mass is 16.5. The Kier molecular flexibility index (Phi) is 3.22. The second kappa shape index (κ2) is 5.01. The van der Waals surface area contributed by atoms with Gasteiger partial charge < -0.3 is 10.1 Å². The van der Waals surface area contributed by atoms with Crippen LogP contribution in [0, 0.1) is 0 Å². The van der Waals surface area contributed by atoms with Crippen LogP contribution in [-0.2, 0) is 6.54 Å². The van der Waals surface area contributed by atoms with E-state index in [0.717, 1.165) is 0 Å². The van der Waals surface area contributed by atoms with Crippen LogP contribution in [0.2, 0.25) is 0 Å². The summed E-state index contributed by atoms with van der Waals surface area (Å²) in [6, 6.07) is 1.70. The summed E-state index contributed by atoms with van der Waals surface area (Å²) in [7, 11) is 0. The van der Waals surface area contributed by atoms with E-state index in [-0.39, 0.29) is 0 Å². The molecule has 0 saturated heterocycles. The number of aromatic amines is 1. The second-order valence-corrected chi connectivity index (χ2v) is 2.83. The normalized spacial score (nSPS) is 10.1. The molecular weight excluding hydrogens is 210 g/mol. The average molecular weight is 221 g/mol. The Bertz CT molecular complexity index is 430. The summed E-state index contributed by atoms with van der Waals surface area (Å²) in [4.78, 5) is 8.16. The fourth-order valence-corrected chi connectivity index (χ4v) is 1.07. The van der Waals surface area contributed by atoms with Gasteiger partial charge in [0.1, 0.15) is 0 Å². The molecule has 8 nitrogen and oxygen atoms in total. The van der Waals surface area contributed by atoms with Gasteiger partial charge in [-0.2, -0.15) is 10.2 Å². The molecule has 0 spiro atoms. The number of ether oxygens (including phenoxy) is 1. The van der Waals surface area contributed by atoms with Crippen LogP contribution in [0.3, 0.4) is 0 Å². The number of nitrogens with zero attached hydrogens (tertiary/aromatic N) is 5. The van der Waals surface area contributed by atoms with Gasteiger partial charge in [-0.1, -0.05) is 5.21 Å². The van der Waals surface area contributed by atoms with E-state index in [9.17, 15) is 0 Å². The lowest BCUT2D eigenvalue weighted by molar-refractivity contribution is 0.326.